The summed E-state index contributed by atoms with van der Waals surface area (Å²) in [5.41, 5.74) is 5.34. The minimum atomic E-state index is 0.0315. The minimum Gasteiger partial charge on any atom is -0.353 e. The van der Waals surface area contributed by atoms with E-state index in [0.29, 0.717) is 18.7 Å². The van der Waals surface area contributed by atoms with Gasteiger partial charge in [-0.1, -0.05) is 60.7 Å². The second kappa shape index (κ2) is 9.02. The van der Waals surface area contributed by atoms with Gasteiger partial charge in [-0.25, -0.2) is 15.0 Å². The number of piperazine rings is 1. The van der Waals surface area contributed by atoms with E-state index in [4.69, 9.17) is 4.98 Å². The third kappa shape index (κ3) is 4.24. The molecule has 35 heavy (non-hydrogen) atoms. The van der Waals surface area contributed by atoms with Crippen LogP contribution in [0, 0.1) is 0 Å². The van der Waals surface area contributed by atoms with Crippen LogP contribution in [0.1, 0.15) is 10.4 Å². The van der Waals surface area contributed by atoms with Crippen LogP contribution < -0.4 is 4.90 Å². The maximum Gasteiger partial charge on any atom is 0.254 e. The van der Waals surface area contributed by atoms with Crippen LogP contribution in [0.2, 0.25) is 0 Å². The molecule has 3 aromatic heterocycles. The number of rotatable bonds is 4. The number of imidazole rings is 1. The molecule has 1 amide bonds. The molecular formula is C28H24N6O. The highest BCUT2D eigenvalue weighted by Gasteiger charge is 2.23. The van der Waals surface area contributed by atoms with E-state index in [0.717, 1.165) is 47.1 Å². The van der Waals surface area contributed by atoms with Crippen molar-refractivity contribution in [3.63, 3.8) is 0 Å². The molecule has 0 aliphatic carbocycles. The van der Waals surface area contributed by atoms with Crippen molar-refractivity contribution in [2.45, 2.75) is 0 Å². The molecule has 4 heterocycles. The van der Waals surface area contributed by atoms with Gasteiger partial charge < -0.3 is 14.2 Å². The highest BCUT2D eigenvalue weighted by molar-refractivity contribution is 5.95. The quantitative estimate of drug-likeness (QED) is 0.397. The molecule has 1 aliphatic rings. The average Bonchev–Trinajstić information content (AvgIpc) is 3.37. The number of hydrogen-bond acceptors (Lipinski definition) is 5. The number of hydrogen-bond donors (Lipinski definition) is 0. The number of carbonyl (C=O) groups excluding carboxylic acids is 1. The molecule has 1 saturated heterocycles. The number of anilines is 1. The standard InChI is InChI=1S/C28H24N6O/c35-28(23-11-12-34-19-25(31-27(34)17-23)22-9-5-2-6-10-22)33-15-13-32(14-16-33)26-18-24(29-20-30-26)21-7-3-1-4-8-21/h1-12,17-20H,13-16H2. The van der Waals surface area contributed by atoms with Crippen molar-refractivity contribution in [3.8, 4) is 22.5 Å². The molecule has 0 N–H and O–H groups in total. The van der Waals surface area contributed by atoms with E-state index in [9.17, 15) is 4.79 Å². The molecule has 172 valence electrons. The van der Waals surface area contributed by atoms with E-state index in [1.807, 2.05) is 101 Å². The summed E-state index contributed by atoms with van der Waals surface area (Å²) >= 11 is 0. The molecule has 0 atom stereocenters. The van der Waals surface area contributed by atoms with Crippen LogP contribution in [0.25, 0.3) is 28.2 Å². The summed E-state index contributed by atoms with van der Waals surface area (Å²) in [7, 11) is 0. The Hall–Kier alpha value is -4.52. The van der Waals surface area contributed by atoms with E-state index in [1.165, 1.54) is 0 Å². The Balaban J connectivity index is 1.15. The third-order valence-electron chi connectivity index (χ3n) is 6.39. The van der Waals surface area contributed by atoms with Crippen molar-refractivity contribution in [3.05, 3.63) is 103 Å². The van der Waals surface area contributed by atoms with E-state index < -0.39 is 0 Å². The Morgan fingerprint density at radius 3 is 2.14 bits per heavy atom. The molecule has 1 aliphatic heterocycles. The van der Waals surface area contributed by atoms with Crippen molar-refractivity contribution in [1.82, 2.24) is 24.3 Å². The Morgan fingerprint density at radius 1 is 0.743 bits per heavy atom. The number of pyridine rings is 1. The van der Waals surface area contributed by atoms with Crippen LogP contribution in [0.3, 0.4) is 0 Å². The monoisotopic (exact) mass is 460 g/mol. The lowest BCUT2D eigenvalue weighted by molar-refractivity contribution is 0.0746. The van der Waals surface area contributed by atoms with Gasteiger partial charge in [0, 0.05) is 61.3 Å². The summed E-state index contributed by atoms with van der Waals surface area (Å²) < 4.78 is 1.95. The molecule has 5 aromatic rings. The molecule has 7 nitrogen and oxygen atoms in total. The zero-order valence-corrected chi connectivity index (χ0v) is 19.2. The molecule has 1 fully saturated rings. The summed E-state index contributed by atoms with van der Waals surface area (Å²) in [6, 6.07) is 25.9. The van der Waals surface area contributed by atoms with Crippen LogP contribution in [-0.2, 0) is 0 Å². The zero-order chi connectivity index (χ0) is 23.6. The van der Waals surface area contributed by atoms with Gasteiger partial charge in [-0.05, 0) is 12.1 Å². The second-order valence-corrected chi connectivity index (χ2v) is 8.58. The molecule has 0 bridgehead atoms. The Bertz CT molecular complexity index is 1470. The van der Waals surface area contributed by atoms with Gasteiger partial charge in [0.15, 0.2) is 0 Å². The first-order valence-electron chi connectivity index (χ1n) is 11.7. The van der Waals surface area contributed by atoms with Crippen LogP contribution in [0.5, 0.6) is 0 Å². The Morgan fingerprint density at radius 2 is 1.43 bits per heavy atom. The normalized spacial score (nSPS) is 13.8. The van der Waals surface area contributed by atoms with Crippen LogP contribution in [0.4, 0.5) is 5.82 Å². The van der Waals surface area contributed by atoms with Gasteiger partial charge in [0.05, 0.1) is 11.4 Å². The maximum atomic E-state index is 13.2. The van der Waals surface area contributed by atoms with Crippen molar-refractivity contribution in [2.75, 3.05) is 31.1 Å². The zero-order valence-electron chi connectivity index (χ0n) is 19.2. The minimum absolute atomic E-state index is 0.0315. The highest BCUT2D eigenvalue weighted by Crippen LogP contribution is 2.23. The predicted octanol–water partition coefficient (Wildman–Crippen LogP) is 4.42. The summed E-state index contributed by atoms with van der Waals surface area (Å²) in [5.74, 6) is 0.919. The lowest BCUT2D eigenvalue weighted by atomic mass is 10.1. The fourth-order valence-corrected chi connectivity index (χ4v) is 4.47. The number of aromatic nitrogens is 4. The number of benzene rings is 2. The molecular weight excluding hydrogens is 436 g/mol. The number of carbonyl (C=O) groups is 1. The maximum absolute atomic E-state index is 13.2. The van der Waals surface area contributed by atoms with Gasteiger partial charge in [0.25, 0.3) is 5.91 Å². The van der Waals surface area contributed by atoms with Crippen LogP contribution >= 0.6 is 0 Å². The average molecular weight is 461 g/mol. The number of nitrogens with zero attached hydrogens (tertiary/aromatic N) is 6. The Kier molecular flexibility index (Phi) is 5.42. The summed E-state index contributed by atoms with van der Waals surface area (Å²) in [5, 5.41) is 0. The fraction of sp³-hybridized carbons (Fsp3) is 0.143. The Labute approximate surface area is 203 Å². The molecule has 0 unspecified atom stereocenters. The van der Waals surface area contributed by atoms with Gasteiger partial charge in [-0.3, -0.25) is 4.79 Å². The van der Waals surface area contributed by atoms with Crippen molar-refractivity contribution >= 4 is 17.4 Å². The highest BCUT2D eigenvalue weighted by atomic mass is 16.2. The number of fused-ring (bicyclic) bond motifs is 1. The van der Waals surface area contributed by atoms with Gasteiger partial charge in [-0.2, -0.15) is 0 Å². The van der Waals surface area contributed by atoms with Crippen LogP contribution in [-0.4, -0.2) is 56.3 Å². The first kappa shape index (κ1) is 21.0. The lowest BCUT2D eigenvalue weighted by Gasteiger charge is -2.35. The molecule has 7 heteroatoms. The molecule has 0 radical (unpaired) electrons. The summed E-state index contributed by atoms with van der Waals surface area (Å²) in [4.78, 5) is 31.0. The largest absolute Gasteiger partial charge is 0.353 e. The number of amides is 1. The van der Waals surface area contributed by atoms with E-state index in [2.05, 4.69) is 14.9 Å². The summed E-state index contributed by atoms with van der Waals surface area (Å²) in [6.45, 7) is 2.72. The molecule has 2 aromatic carbocycles. The lowest BCUT2D eigenvalue weighted by Crippen LogP contribution is -2.49. The smallest absolute Gasteiger partial charge is 0.254 e. The molecule has 0 spiro atoms. The second-order valence-electron chi connectivity index (χ2n) is 8.58. The van der Waals surface area contributed by atoms with Crippen molar-refractivity contribution < 1.29 is 4.79 Å². The SMILES string of the molecule is O=C(c1ccn2cc(-c3ccccc3)nc2c1)N1CCN(c2cc(-c3ccccc3)ncn2)CC1. The topological polar surface area (TPSA) is 66.6 Å². The van der Waals surface area contributed by atoms with Crippen molar-refractivity contribution in [2.24, 2.45) is 0 Å². The van der Waals surface area contributed by atoms with Gasteiger partial charge in [0.2, 0.25) is 0 Å². The third-order valence-corrected chi connectivity index (χ3v) is 6.39. The van der Waals surface area contributed by atoms with Gasteiger partial charge >= 0.3 is 0 Å². The van der Waals surface area contributed by atoms with Crippen LogP contribution in [0.15, 0.2) is 97.6 Å². The molecule has 6 rings (SSSR count). The van der Waals surface area contributed by atoms with E-state index in [-0.39, 0.29) is 5.91 Å². The van der Waals surface area contributed by atoms with E-state index in [1.54, 1.807) is 6.33 Å². The first-order chi connectivity index (χ1) is 17.2. The van der Waals surface area contributed by atoms with Gasteiger partial charge in [-0.15, -0.1) is 0 Å². The molecule has 0 saturated carbocycles. The summed E-state index contributed by atoms with van der Waals surface area (Å²) in [6.07, 6.45) is 5.51. The fourth-order valence-electron chi connectivity index (χ4n) is 4.47. The first-order valence-corrected chi connectivity index (χ1v) is 11.7. The predicted molar refractivity (Wildman–Crippen MR) is 136 cm³/mol. The van der Waals surface area contributed by atoms with E-state index >= 15 is 0 Å². The van der Waals surface area contributed by atoms with Crippen molar-refractivity contribution in [1.29, 1.82) is 0 Å². The van der Waals surface area contributed by atoms with Gasteiger partial charge in [0.1, 0.15) is 17.8 Å².